The minimum absolute atomic E-state index is 0.398. The highest BCUT2D eigenvalue weighted by Gasteiger charge is 2.15. The van der Waals surface area contributed by atoms with Crippen LogP contribution in [0.5, 0.6) is 0 Å². The molecule has 0 aliphatic carbocycles. The van der Waals surface area contributed by atoms with Crippen LogP contribution in [-0.2, 0) is 11.2 Å². The molecule has 0 radical (unpaired) electrons. The van der Waals surface area contributed by atoms with Crippen molar-refractivity contribution in [2.45, 2.75) is 19.4 Å². The Morgan fingerprint density at radius 2 is 2.13 bits per heavy atom. The Labute approximate surface area is 91.9 Å². The van der Waals surface area contributed by atoms with Crippen molar-refractivity contribution in [3.63, 3.8) is 0 Å². The second-order valence-electron chi connectivity index (χ2n) is 4.22. The average molecular weight is 205 g/mol. The van der Waals surface area contributed by atoms with Gasteiger partial charge in [-0.3, -0.25) is 4.90 Å². The Morgan fingerprint density at radius 3 is 2.87 bits per heavy atom. The van der Waals surface area contributed by atoms with Gasteiger partial charge in [0, 0.05) is 19.6 Å². The first-order valence-electron chi connectivity index (χ1n) is 5.72. The van der Waals surface area contributed by atoms with Crippen LogP contribution in [-0.4, -0.2) is 37.2 Å². The summed E-state index contributed by atoms with van der Waals surface area (Å²) in [7, 11) is 0. The van der Waals surface area contributed by atoms with E-state index in [0.717, 1.165) is 32.7 Å². The van der Waals surface area contributed by atoms with E-state index in [9.17, 15) is 0 Å². The molecule has 0 amide bonds. The number of nitrogens with zero attached hydrogens (tertiary/aromatic N) is 1. The largest absolute Gasteiger partial charge is 0.376 e. The fourth-order valence-electron chi connectivity index (χ4n) is 2.03. The van der Waals surface area contributed by atoms with Crippen LogP contribution < -0.4 is 0 Å². The van der Waals surface area contributed by atoms with E-state index < -0.39 is 0 Å². The Morgan fingerprint density at radius 1 is 1.33 bits per heavy atom. The van der Waals surface area contributed by atoms with Crippen molar-refractivity contribution in [1.29, 1.82) is 0 Å². The highest BCUT2D eigenvalue weighted by atomic mass is 16.5. The van der Waals surface area contributed by atoms with Gasteiger partial charge in [-0.25, -0.2) is 0 Å². The summed E-state index contributed by atoms with van der Waals surface area (Å²) >= 11 is 0. The molecule has 0 aromatic heterocycles. The lowest BCUT2D eigenvalue weighted by atomic mass is 10.1. The molecule has 1 aliphatic heterocycles. The third-order valence-corrected chi connectivity index (χ3v) is 2.88. The Hall–Kier alpha value is -0.860. The topological polar surface area (TPSA) is 12.5 Å². The van der Waals surface area contributed by atoms with Gasteiger partial charge in [-0.15, -0.1) is 0 Å². The van der Waals surface area contributed by atoms with Crippen molar-refractivity contribution < 1.29 is 4.74 Å². The molecule has 2 heteroatoms. The first-order chi connectivity index (χ1) is 7.34. The fraction of sp³-hybridized carbons (Fsp3) is 0.538. The van der Waals surface area contributed by atoms with Crippen LogP contribution in [0.1, 0.15) is 12.5 Å². The van der Waals surface area contributed by atoms with E-state index in [2.05, 4.69) is 42.2 Å². The Kier molecular flexibility index (Phi) is 3.75. The molecule has 0 bridgehead atoms. The number of rotatable bonds is 3. The highest BCUT2D eigenvalue weighted by Crippen LogP contribution is 2.06. The highest BCUT2D eigenvalue weighted by molar-refractivity contribution is 5.14. The minimum atomic E-state index is 0.398. The first kappa shape index (κ1) is 10.7. The molecule has 2 rings (SSSR count). The van der Waals surface area contributed by atoms with Crippen LogP contribution in [0.2, 0.25) is 0 Å². The molecule has 1 atom stereocenters. The van der Waals surface area contributed by atoms with Crippen LogP contribution in [0.4, 0.5) is 0 Å². The van der Waals surface area contributed by atoms with Crippen LogP contribution in [0.15, 0.2) is 30.3 Å². The second-order valence-corrected chi connectivity index (χ2v) is 4.22. The summed E-state index contributed by atoms with van der Waals surface area (Å²) in [5, 5.41) is 0. The second kappa shape index (κ2) is 5.29. The summed E-state index contributed by atoms with van der Waals surface area (Å²) in [5.74, 6) is 0. The number of hydrogen-bond donors (Lipinski definition) is 0. The molecule has 0 saturated carbocycles. The zero-order chi connectivity index (χ0) is 10.5. The van der Waals surface area contributed by atoms with Crippen molar-refractivity contribution >= 4 is 0 Å². The molecule has 0 N–H and O–H groups in total. The lowest BCUT2D eigenvalue weighted by Crippen LogP contribution is -2.41. The fourth-order valence-corrected chi connectivity index (χ4v) is 2.03. The maximum Gasteiger partial charge on any atom is 0.0674 e. The number of hydrogen-bond acceptors (Lipinski definition) is 2. The molecule has 1 fully saturated rings. The van der Waals surface area contributed by atoms with Crippen molar-refractivity contribution in [3.05, 3.63) is 35.9 Å². The lowest BCUT2D eigenvalue weighted by molar-refractivity contribution is -0.0177. The van der Waals surface area contributed by atoms with Gasteiger partial charge >= 0.3 is 0 Å². The summed E-state index contributed by atoms with van der Waals surface area (Å²) in [5.41, 5.74) is 1.43. The normalized spacial score (nSPS) is 22.9. The molecule has 1 aromatic rings. The molecular weight excluding hydrogens is 186 g/mol. The van der Waals surface area contributed by atoms with Gasteiger partial charge in [-0.05, 0) is 18.9 Å². The van der Waals surface area contributed by atoms with Gasteiger partial charge in [0.2, 0.25) is 0 Å². The van der Waals surface area contributed by atoms with Crippen molar-refractivity contribution in [1.82, 2.24) is 4.90 Å². The molecule has 1 heterocycles. The minimum Gasteiger partial charge on any atom is -0.376 e. The molecule has 15 heavy (non-hydrogen) atoms. The van der Waals surface area contributed by atoms with E-state index in [1.54, 1.807) is 0 Å². The molecule has 82 valence electrons. The number of morpholine rings is 1. The first-order valence-corrected chi connectivity index (χ1v) is 5.72. The summed E-state index contributed by atoms with van der Waals surface area (Å²) in [4.78, 5) is 2.49. The van der Waals surface area contributed by atoms with E-state index in [1.807, 2.05) is 0 Å². The van der Waals surface area contributed by atoms with E-state index in [4.69, 9.17) is 4.74 Å². The molecule has 2 nitrogen and oxygen atoms in total. The van der Waals surface area contributed by atoms with Gasteiger partial charge in [0.15, 0.2) is 0 Å². The van der Waals surface area contributed by atoms with E-state index in [1.165, 1.54) is 5.56 Å². The smallest absolute Gasteiger partial charge is 0.0674 e. The van der Waals surface area contributed by atoms with Gasteiger partial charge < -0.3 is 4.74 Å². The molecular formula is C13H19NO. The van der Waals surface area contributed by atoms with Crippen LogP contribution in [0, 0.1) is 0 Å². The van der Waals surface area contributed by atoms with Crippen LogP contribution in [0.25, 0.3) is 0 Å². The summed E-state index contributed by atoms with van der Waals surface area (Å²) < 4.78 is 5.52. The molecule has 0 unspecified atom stereocenters. The van der Waals surface area contributed by atoms with E-state index >= 15 is 0 Å². The predicted octanol–water partition coefficient (Wildman–Crippen LogP) is 1.95. The Bertz CT molecular complexity index is 286. The molecule has 1 saturated heterocycles. The zero-order valence-corrected chi connectivity index (χ0v) is 9.36. The van der Waals surface area contributed by atoms with Crippen LogP contribution >= 0.6 is 0 Å². The monoisotopic (exact) mass is 205 g/mol. The molecule has 1 aliphatic rings. The number of benzene rings is 1. The van der Waals surface area contributed by atoms with Crippen molar-refractivity contribution in [2.24, 2.45) is 0 Å². The van der Waals surface area contributed by atoms with E-state index in [-0.39, 0.29) is 0 Å². The van der Waals surface area contributed by atoms with Gasteiger partial charge in [0.1, 0.15) is 0 Å². The molecule has 0 spiro atoms. The van der Waals surface area contributed by atoms with Crippen LogP contribution in [0.3, 0.4) is 0 Å². The SMILES string of the molecule is C[C@H]1CN(CCc2ccccc2)CCO1. The zero-order valence-electron chi connectivity index (χ0n) is 9.36. The van der Waals surface area contributed by atoms with Gasteiger partial charge in [0.25, 0.3) is 0 Å². The standard InChI is InChI=1S/C13H19NO/c1-12-11-14(9-10-15-12)8-7-13-5-3-2-4-6-13/h2-6,12H,7-11H2,1H3/t12-/m0/s1. The van der Waals surface area contributed by atoms with Gasteiger partial charge in [0.05, 0.1) is 12.7 Å². The quantitative estimate of drug-likeness (QED) is 0.748. The Balaban J connectivity index is 1.78. The summed E-state index contributed by atoms with van der Waals surface area (Å²) in [6.07, 6.45) is 1.54. The van der Waals surface area contributed by atoms with Gasteiger partial charge in [-0.1, -0.05) is 30.3 Å². The average Bonchev–Trinajstić information content (AvgIpc) is 2.28. The maximum absolute atomic E-state index is 5.52. The van der Waals surface area contributed by atoms with Crippen molar-refractivity contribution in [3.8, 4) is 0 Å². The summed E-state index contributed by atoms with van der Waals surface area (Å²) in [6, 6.07) is 10.7. The lowest BCUT2D eigenvalue weighted by Gasteiger charge is -2.31. The van der Waals surface area contributed by atoms with Gasteiger partial charge in [-0.2, -0.15) is 0 Å². The third kappa shape index (κ3) is 3.33. The maximum atomic E-state index is 5.52. The molecule has 1 aromatic carbocycles. The predicted molar refractivity (Wildman–Crippen MR) is 62.0 cm³/mol. The third-order valence-electron chi connectivity index (χ3n) is 2.88. The summed E-state index contributed by atoms with van der Waals surface area (Å²) in [6.45, 7) is 6.34. The number of ether oxygens (including phenoxy) is 1. The van der Waals surface area contributed by atoms with Crippen molar-refractivity contribution in [2.75, 3.05) is 26.2 Å². The van der Waals surface area contributed by atoms with E-state index in [0.29, 0.717) is 6.10 Å².